The molecule has 4 aromatic rings. The molecule has 4 rings (SSSR count). The van der Waals surface area contributed by atoms with E-state index in [0.29, 0.717) is 15.1 Å². The molecule has 27 heavy (non-hydrogen) atoms. The van der Waals surface area contributed by atoms with Gasteiger partial charge in [0, 0.05) is 11.3 Å². The van der Waals surface area contributed by atoms with Gasteiger partial charge in [-0.15, -0.1) is 0 Å². The van der Waals surface area contributed by atoms with Gasteiger partial charge in [-0.25, -0.2) is 4.98 Å². The monoisotopic (exact) mass is 484 g/mol. The second kappa shape index (κ2) is 7.86. The maximum absolute atomic E-state index is 12.5. The summed E-state index contributed by atoms with van der Waals surface area (Å²) in [4.78, 5) is 21.3. The minimum absolute atomic E-state index is 0.0862. The highest BCUT2D eigenvalue weighted by Crippen LogP contribution is 2.34. The molecule has 134 valence electrons. The lowest BCUT2D eigenvalue weighted by Crippen LogP contribution is -2.16. The van der Waals surface area contributed by atoms with Gasteiger partial charge in [0.25, 0.3) is 5.56 Å². The topological polar surface area (TPSA) is 45.8 Å². The number of hydrogen-bond donors (Lipinski definition) is 1. The fraction of sp³-hybridized carbons (Fsp3) is 0.0909. The molecule has 3 nitrogen and oxygen atoms in total. The molecule has 0 unspecified atom stereocenters. The number of aromatic nitrogens is 2. The number of benzene rings is 3. The average Bonchev–Trinajstić information content (AvgIpc) is 2.69. The fourth-order valence-corrected chi connectivity index (χ4v) is 4.49. The van der Waals surface area contributed by atoms with E-state index in [-0.39, 0.29) is 5.56 Å². The zero-order valence-electron chi connectivity index (χ0n) is 14.7. The Kier molecular flexibility index (Phi) is 5.31. The number of H-pyrrole nitrogens is 1. The van der Waals surface area contributed by atoms with Crippen LogP contribution in [0.1, 0.15) is 16.8 Å². The van der Waals surface area contributed by atoms with E-state index in [1.54, 1.807) is 0 Å². The maximum atomic E-state index is 12.5. The first kappa shape index (κ1) is 18.3. The molecule has 5 heteroatoms. The highest BCUT2D eigenvalue weighted by molar-refractivity contribution is 14.1. The summed E-state index contributed by atoms with van der Waals surface area (Å²) in [6.07, 6.45) is 0.644. The Morgan fingerprint density at radius 2 is 1.74 bits per heavy atom. The van der Waals surface area contributed by atoms with Gasteiger partial charge in [-0.1, -0.05) is 78.5 Å². The van der Waals surface area contributed by atoms with Crippen LogP contribution >= 0.6 is 34.4 Å². The van der Waals surface area contributed by atoms with E-state index in [1.165, 1.54) is 28.1 Å². The van der Waals surface area contributed by atoms with Crippen LogP contribution in [0.4, 0.5) is 0 Å². The van der Waals surface area contributed by atoms with Crippen molar-refractivity contribution in [2.24, 2.45) is 0 Å². The molecule has 0 aliphatic heterocycles. The Balaban J connectivity index is 1.75. The Morgan fingerprint density at radius 1 is 1.00 bits per heavy atom. The molecule has 0 amide bonds. The summed E-state index contributed by atoms with van der Waals surface area (Å²) in [5.74, 6) is 0. The van der Waals surface area contributed by atoms with Crippen molar-refractivity contribution in [1.29, 1.82) is 0 Å². The van der Waals surface area contributed by atoms with Gasteiger partial charge >= 0.3 is 0 Å². The lowest BCUT2D eigenvalue weighted by Gasteiger charge is -2.11. The van der Waals surface area contributed by atoms with Gasteiger partial charge < -0.3 is 4.98 Å². The summed E-state index contributed by atoms with van der Waals surface area (Å²) < 4.78 is 0.649. The zero-order valence-corrected chi connectivity index (χ0v) is 17.7. The van der Waals surface area contributed by atoms with Gasteiger partial charge in [-0.05, 0) is 51.4 Å². The van der Waals surface area contributed by atoms with Gasteiger partial charge in [-0.2, -0.15) is 0 Å². The Labute approximate surface area is 175 Å². The van der Waals surface area contributed by atoms with Gasteiger partial charge in [0.1, 0.15) is 3.57 Å². The standard InChI is InChI=1S/C22H17IN2OS/c1-14-11-12-16-9-5-6-10-17(16)20(14)27-22-24-18(19(23)21(26)25-22)13-15-7-3-2-4-8-15/h2-12H,13H2,1H3,(H,24,25,26). The molecule has 0 fully saturated rings. The summed E-state index contributed by atoms with van der Waals surface area (Å²) >= 11 is 3.61. The van der Waals surface area contributed by atoms with Crippen LogP contribution in [0, 0.1) is 10.5 Å². The van der Waals surface area contributed by atoms with Crippen molar-refractivity contribution in [2.45, 2.75) is 23.4 Å². The van der Waals surface area contributed by atoms with E-state index in [2.05, 4.69) is 70.9 Å². The van der Waals surface area contributed by atoms with E-state index < -0.39 is 0 Å². The van der Waals surface area contributed by atoms with Crippen molar-refractivity contribution in [2.75, 3.05) is 0 Å². The molecule has 0 atom stereocenters. The smallest absolute Gasteiger partial charge is 0.265 e. The van der Waals surface area contributed by atoms with Crippen molar-refractivity contribution in [3.63, 3.8) is 0 Å². The normalized spacial score (nSPS) is 11.0. The third-order valence-electron chi connectivity index (χ3n) is 4.40. The van der Waals surface area contributed by atoms with Crippen molar-refractivity contribution in [3.8, 4) is 0 Å². The van der Waals surface area contributed by atoms with Crippen molar-refractivity contribution in [1.82, 2.24) is 9.97 Å². The number of aromatic amines is 1. The zero-order chi connectivity index (χ0) is 18.8. The maximum Gasteiger partial charge on any atom is 0.265 e. The fourth-order valence-electron chi connectivity index (χ4n) is 3.02. The Morgan fingerprint density at radius 3 is 2.56 bits per heavy atom. The summed E-state index contributed by atoms with van der Waals surface area (Å²) in [6, 6.07) is 22.6. The van der Waals surface area contributed by atoms with Crippen LogP contribution in [0.15, 0.2) is 81.6 Å². The predicted molar refractivity (Wildman–Crippen MR) is 120 cm³/mol. The minimum atomic E-state index is -0.0862. The van der Waals surface area contributed by atoms with Crippen LogP contribution in [0.3, 0.4) is 0 Å². The SMILES string of the molecule is Cc1ccc2ccccc2c1Sc1nc(Cc2ccccc2)c(I)c(=O)[nH]1. The Bertz CT molecular complexity index is 1170. The molecule has 0 spiro atoms. The lowest BCUT2D eigenvalue weighted by atomic mass is 10.1. The van der Waals surface area contributed by atoms with Crippen LogP contribution in [0.5, 0.6) is 0 Å². The van der Waals surface area contributed by atoms with Crippen molar-refractivity contribution < 1.29 is 0 Å². The molecule has 1 N–H and O–H groups in total. The van der Waals surface area contributed by atoms with Crippen LogP contribution in [-0.2, 0) is 6.42 Å². The highest BCUT2D eigenvalue weighted by Gasteiger charge is 2.13. The quantitative estimate of drug-likeness (QED) is 0.304. The number of nitrogens with one attached hydrogen (secondary N) is 1. The lowest BCUT2D eigenvalue weighted by molar-refractivity contribution is 0.866. The summed E-state index contributed by atoms with van der Waals surface area (Å²) in [5.41, 5.74) is 3.04. The van der Waals surface area contributed by atoms with Crippen LogP contribution in [-0.4, -0.2) is 9.97 Å². The summed E-state index contributed by atoms with van der Waals surface area (Å²) in [7, 11) is 0. The number of halogens is 1. The van der Waals surface area contributed by atoms with Gasteiger partial charge in [0.15, 0.2) is 5.16 Å². The molecule has 0 saturated carbocycles. The van der Waals surface area contributed by atoms with E-state index >= 15 is 0 Å². The summed E-state index contributed by atoms with van der Waals surface area (Å²) in [6.45, 7) is 2.09. The van der Waals surface area contributed by atoms with Crippen LogP contribution < -0.4 is 5.56 Å². The second-order valence-corrected chi connectivity index (χ2v) is 8.41. The number of hydrogen-bond acceptors (Lipinski definition) is 3. The minimum Gasteiger partial charge on any atom is -0.300 e. The number of rotatable bonds is 4. The first-order chi connectivity index (χ1) is 13.1. The number of fused-ring (bicyclic) bond motifs is 1. The van der Waals surface area contributed by atoms with E-state index in [9.17, 15) is 4.79 Å². The van der Waals surface area contributed by atoms with Crippen molar-refractivity contribution >= 4 is 45.1 Å². The molecule has 0 aliphatic rings. The number of aryl methyl sites for hydroxylation is 1. The van der Waals surface area contributed by atoms with Crippen LogP contribution in [0.2, 0.25) is 0 Å². The third-order valence-corrected chi connectivity index (χ3v) is 6.64. The first-order valence-corrected chi connectivity index (χ1v) is 10.5. The van der Waals surface area contributed by atoms with E-state index in [0.717, 1.165) is 16.2 Å². The molecule has 1 aromatic heterocycles. The first-order valence-electron chi connectivity index (χ1n) is 8.60. The molecule has 3 aromatic carbocycles. The van der Waals surface area contributed by atoms with E-state index in [4.69, 9.17) is 4.98 Å². The molecule has 0 radical (unpaired) electrons. The molecule has 0 aliphatic carbocycles. The predicted octanol–water partition coefficient (Wildman–Crippen LogP) is 5.58. The molecule has 0 bridgehead atoms. The Hall–Kier alpha value is -2.12. The molecule has 1 heterocycles. The van der Waals surface area contributed by atoms with Gasteiger partial charge in [0.05, 0.1) is 5.69 Å². The van der Waals surface area contributed by atoms with Crippen LogP contribution in [0.25, 0.3) is 10.8 Å². The summed E-state index contributed by atoms with van der Waals surface area (Å²) in [5, 5.41) is 2.99. The average molecular weight is 484 g/mol. The van der Waals surface area contributed by atoms with Gasteiger partial charge in [0.2, 0.25) is 0 Å². The third kappa shape index (κ3) is 3.94. The van der Waals surface area contributed by atoms with Gasteiger partial charge in [-0.3, -0.25) is 4.79 Å². The second-order valence-electron chi connectivity index (χ2n) is 6.33. The highest BCUT2D eigenvalue weighted by atomic mass is 127. The largest absolute Gasteiger partial charge is 0.300 e. The molecular weight excluding hydrogens is 467 g/mol. The van der Waals surface area contributed by atoms with Crippen molar-refractivity contribution in [3.05, 3.63) is 97.5 Å². The molecule has 0 saturated heterocycles. The van der Waals surface area contributed by atoms with E-state index in [1.807, 2.05) is 30.3 Å². The number of nitrogens with zero attached hydrogens (tertiary/aromatic N) is 1. The molecular formula is C22H17IN2OS.